The van der Waals surface area contributed by atoms with Crippen LogP contribution in [0, 0.1) is 80.0 Å². The summed E-state index contributed by atoms with van der Waals surface area (Å²) in [5.41, 5.74) is 17.3. The first-order valence-corrected chi connectivity index (χ1v) is 54.9. The van der Waals surface area contributed by atoms with Gasteiger partial charge in [0, 0.05) is 138 Å². The number of carbonyl (C=O) groups excluding carboxylic acids is 1. The van der Waals surface area contributed by atoms with Gasteiger partial charge >= 0.3 is 0 Å². The quantitative estimate of drug-likeness (QED) is 0.0137. The highest BCUT2D eigenvalue weighted by atomic mass is 35.5. The van der Waals surface area contributed by atoms with E-state index in [1.54, 1.807) is 116 Å². The van der Waals surface area contributed by atoms with Crippen LogP contribution in [-0.2, 0) is 77.9 Å². The molecule has 0 saturated heterocycles. The van der Waals surface area contributed by atoms with Gasteiger partial charge in [0.2, 0.25) is 0 Å². The smallest absolute Gasteiger partial charge is 0.192 e. The van der Waals surface area contributed by atoms with Crippen LogP contribution in [0.4, 0.5) is 39.5 Å². The molecule has 0 bridgehead atoms. The number of ether oxygens (including phenoxy) is 5. The molecule has 12 aromatic carbocycles. The van der Waals surface area contributed by atoms with Gasteiger partial charge in [-0.2, -0.15) is 0 Å². The minimum absolute atomic E-state index is 0.232. The van der Waals surface area contributed by atoms with Gasteiger partial charge in [-0.3, -0.25) is 18.3 Å². The molecular formula is C114H95Cl7F9N9O7S4. The SMILES string of the molecule is Cc1cc(C2(C=O)CCCc3nc(SCc4c(F)cccc4Cl)n(-c4ccc(F)cc4)c32)ccc1Cl.Cc1cc(C2OCCc3nc(SCc4c(F)cc(OCCCCCOCCCl)cc4Cl)n(-c4ccc(F)cc4)c32)ccc1Cl.Cc1cc(C2OCCc3nc(SCc4c(F)cccc4Cl)n(-c4ccc(F)cc4)c32)ccc1F.Cc1nc2ccc(C3OCCc4nc(SCc5c(F)cccc5Cl)n(-c5ccc(F)cc5)c43)cc2o1. The van der Waals surface area contributed by atoms with Crippen molar-refractivity contribution in [2.75, 3.05) is 45.5 Å². The molecule has 4 unspecified atom stereocenters. The molecular weight excluding hydrogens is 2150 g/mol. The number of thioether (sulfide) groups is 4. The Hall–Kier alpha value is -10.9. The Morgan fingerprint density at radius 1 is 0.387 bits per heavy atom. The molecule has 17 aromatic rings. The lowest BCUT2D eigenvalue weighted by atomic mass is 9.70. The van der Waals surface area contributed by atoms with E-state index in [2.05, 4.69) is 4.98 Å². The number of hydrogen-bond donors (Lipinski definition) is 0. The highest BCUT2D eigenvalue weighted by Crippen LogP contribution is 2.49. The third-order valence-corrected chi connectivity index (χ3v) is 32.2. The molecule has 0 N–H and O–H groups in total. The maximum atomic E-state index is 15.3. The van der Waals surface area contributed by atoms with Gasteiger partial charge in [0.1, 0.15) is 88.2 Å². The van der Waals surface area contributed by atoms with Crippen molar-refractivity contribution in [3.8, 4) is 28.5 Å². The first-order valence-electron chi connectivity index (χ1n) is 48.1. The summed E-state index contributed by atoms with van der Waals surface area (Å²) in [7, 11) is 0. The van der Waals surface area contributed by atoms with Gasteiger partial charge in [0.05, 0.1) is 89.0 Å². The number of benzene rings is 12. The molecule has 36 heteroatoms. The number of aromatic nitrogens is 9. The zero-order valence-electron chi connectivity index (χ0n) is 81.0. The molecule has 774 valence electrons. The summed E-state index contributed by atoms with van der Waals surface area (Å²) >= 11 is 48.9. The summed E-state index contributed by atoms with van der Waals surface area (Å²) in [6, 6.07) is 63.6. The molecule has 0 fully saturated rings. The Balaban J connectivity index is 0.000000131. The van der Waals surface area contributed by atoms with E-state index in [-0.39, 0.29) is 68.8 Å². The van der Waals surface area contributed by atoms with Crippen LogP contribution in [0.5, 0.6) is 5.75 Å². The third kappa shape index (κ3) is 24.6. The maximum absolute atomic E-state index is 15.3. The molecule has 4 aliphatic rings. The average Bonchev–Trinajstić information content (AvgIpc) is 1.55. The average molecular weight is 2250 g/mol. The van der Waals surface area contributed by atoms with Crippen molar-refractivity contribution >= 4 is 146 Å². The van der Waals surface area contributed by atoms with Gasteiger partial charge in [-0.25, -0.2) is 64.4 Å². The summed E-state index contributed by atoms with van der Waals surface area (Å²) in [4.78, 5) is 37.0. The number of aldehydes is 1. The van der Waals surface area contributed by atoms with E-state index in [1.165, 1.54) is 126 Å². The summed E-state index contributed by atoms with van der Waals surface area (Å²) in [6.45, 7) is 10.5. The van der Waals surface area contributed by atoms with Crippen LogP contribution in [0.2, 0.25) is 30.1 Å². The number of aryl methyl sites for hydroxylation is 5. The van der Waals surface area contributed by atoms with Crippen LogP contribution in [0.3, 0.4) is 0 Å². The monoisotopic (exact) mass is 2250 g/mol. The van der Waals surface area contributed by atoms with E-state index in [1.807, 2.05) is 87.6 Å². The van der Waals surface area contributed by atoms with E-state index in [4.69, 9.17) is 129 Å². The number of fused-ring (bicyclic) bond motifs is 5. The molecule has 21 rings (SSSR count). The number of alkyl halides is 1. The van der Waals surface area contributed by atoms with E-state index in [0.29, 0.717) is 180 Å². The zero-order chi connectivity index (χ0) is 105. The Kier molecular flexibility index (Phi) is 35.9. The molecule has 16 nitrogen and oxygen atoms in total. The van der Waals surface area contributed by atoms with E-state index in [9.17, 15) is 39.9 Å². The van der Waals surface area contributed by atoms with Crippen LogP contribution in [0.1, 0.15) is 163 Å². The van der Waals surface area contributed by atoms with Crippen LogP contribution in [0.25, 0.3) is 33.8 Å². The summed E-state index contributed by atoms with van der Waals surface area (Å²) in [5, 5.41) is 5.12. The molecule has 8 heterocycles. The fourth-order valence-corrected chi connectivity index (χ4v) is 24.4. The van der Waals surface area contributed by atoms with E-state index < -0.39 is 35.4 Å². The van der Waals surface area contributed by atoms with Gasteiger partial charge < -0.3 is 32.9 Å². The van der Waals surface area contributed by atoms with Crippen LogP contribution < -0.4 is 4.74 Å². The summed E-state index contributed by atoms with van der Waals surface area (Å²) in [5.74, 6) is -0.761. The standard InChI is InChI=1S/C33H33Cl3F2N2O3S.C28H22Cl2F2N2OS.C27H20ClF2N3O2S.C26H20ClF3N2OS/c1-21-17-22(5-10-27(21)35)32-31-30(11-15-43-32)39-33(40(31)24-8-6-23(37)7-9-24)44-20-26-28(36)18-25(19-29(26)38)42-14-4-2-3-13-41-16-12-34;1-17-14-18(7-12-22(17)29)28(16-35)13-3-6-25-26(28)34(20-10-8-19(31)9-11-20)27(33-25)36-15-21-23(30)4-2-5-24(21)32;1-15-31-22-10-5-16(13-24(22)35-15)26-25-23(11-12-34-26)32-27(33(25)18-8-6-17(29)7-9-18)36-14-19-20(28)3-2-4-21(19)30;1-15-13-16(5-10-21(15)29)25-24-23(11-12-33-25)31-26(32(24)18-8-6-17(28)7-9-18)34-14-19-20(27)3-2-4-22(19)30/h5-10,17-19,32H,2-4,11-16,20H2,1H3;2,4-5,7-12,14,16H,3,6,13,15H2,1H3;2-10,13,26H,11-12,14H2,1H3;2-10,13,25H,11-12,14H2,1H3. The Morgan fingerprint density at radius 3 is 1.23 bits per heavy atom. The molecule has 0 amide bonds. The van der Waals surface area contributed by atoms with Crippen molar-refractivity contribution < 1.29 is 72.4 Å². The number of hydrogen-bond acceptors (Lipinski definition) is 16. The molecule has 150 heavy (non-hydrogen) atoms. The molecule has 1 aliphatic carbocycles. The number of rotatable bonds is 30. The van der Waals surface area contributed by atoms with Gasteiger partial charge in [-0.15, -0.1) is 11.6 Å². The zero-order valence-corrected chi connectivity index (χ0v) is 89.6. The number of imidazole rings is 4. The van der Waals surface area contributed by atoms with Crippen LogP contribution in [0.15, 0.2) is 262 Å². The number of oxazole rings is 1. The second kappa shape index (κ2) is 49.4. The number of carbonyl (C=O) groups is 1. The first-order chi connectivity index (χ1) is 72.6. The van der Waals surface area contributed by atoms with Gasteiger partial charge in [-0.1, -0.05) is 177 Å². The van der Waals surface area contributed by atoms with Crippen molar-refractivity contribution in [2.45, 2.75) is 153 Å². The summed E-state index contributed by atoms with van der Waals surface area (Å²) in [6.07, 6.45) is 6.23. The topological polar surface area (TPSA) is 161 Å². The highest BCUT2D eigenvalue weighted by Gasteiger charge is 2.45. The van der Waals surface area contributed by atoms with E-state index in [0.717, 1.165) is 128 Å². The molecule has 0 saturated carbocycles. The second-order valence-electron chi connectivity index (χ2n) is 35.8. The van der Waals surface area contributed by atoms with Crippen molar-refractivity contribution in [1.82, 2.24) is 43.2 Å². The fourth-order valence-electron chi connectivity index (χ4n) is 18.5. The van der Waals surface area contributed by atoms with Gasteiger partial charge in [0.25, 0.3) is 0 Å². The van der Waals surface area contributed by atoms with Crippen LogP contribution >= 0.6 is 128 Å². The van der Waals surface area contributed by atoms with Gasteiger partial charge in [0.15, 0.2) is 32.1 Å². The highest BCUT2D eigenvalue weighted by molar-refractivity contribution is 7.99. The second-order valence-corrected chi connectivity index (χ2v) is 42.4. The number of halogens is 16. The Labute approximate surface area is 912 Å². The molecule has 0 spiro atoms. The van der Waals surface area contributed by atoms with Crippen molar-refractivity contribution in [3.05, 3.63) is 432 Å². The minimum atomic E-state index is -0.960. The fraction of sp³-hybridized carbons (Fsp3) is 0.246. The predicted molar refractivity (Wildman–Crippen MR) is 575 cm³/mol. The third-order valence-electron chi connectivity index (χ3n) is 25.9. The van der Waals surface area contributed by atoms with Crippen molar-refractivity contribution in [1.29, 1.82) is 0 Å². The predicted octanol–water partition coefficient (Wildman–Crippen LogP) is 31.8. The lowest BCUT2D eigenvalue weighted by molar-refractivity contribution is -0.112. The summed E-state index contributed by atoms with van der Waals surface area (Å²) < 4.78 is 171. The Bertz CT molecular complexity index is 7680. The molecule has 5 aromatic heterocycles. The molecule has 0 radical (unpaired) electrons. The van der Waals surface area contributed by atoms with Crippen molar-refractivity contribution in [3.63, 3.8) is 0 Å². The molecule has 3 aliphatic heterocycles. The number of nitrogens with zero attached hydrogens (tertiary/aromatic N) is 9. The number of unbranched alkanes of at least 4 members (excludes halogenated alkanes) is 2. The first kappa shape index (κ1) is 109. The molecule has 4 atom stereocenters. The normalized spacial score (nSPS) is 15.6. The maximum Gasteiger partial charge on any atom is 0.192 e. The minimum Gasteiger partial charge on any atom is -0.493 e. The largest absolute Gasteiger partial charge is 0.493 e. The van der Waals surface area contributed by atoms with E-state index >= 15 is 4.39 Å². The lowest BCUT2D eigenvalue weighted by Crippen LogP contribution is -2.36. The van der Waals surface area contributed by atoms with Crippen molar-refractivity contribution in [2.24, 2.45) is 0 Å². The lowest BCUT2D eigenvalue weighted by Gasteiger charge is -2.34. The van der Waals surface area contributed by atoms with Gasteiger partial charge in [-0.05, 0) is 268 Å². The Morgan fingerprint density at radius 2 is 0.793 bits per heavy atom. The van der Waals surface area contributed by atoms with Crippen LogP contribution in [-0.4, -0.2) is 95.0 Å².